The van der Waals surface area contributed by atoms with Crippen molar-refractivity contribution in [1.82, 2.24) is 0 Å². The van der Waals surface area contributed by atoms with Crippen LogP contribution >= 0.6 is 0 Å². The molecule has 7 heteroatoms. The molecule has 1 N–H and O–H groups in total. The molecule has 0 saturated carbocycles. The lowest BCUT2D eigenvalue weighted by Crippen LogP contribution is -2.14. The number of fused-ring (bicyclic) bond motifs is 1. The Morgan fingerprint density at radius 3 is 2.73 bits per heavy atom. The van der Waals surface area contributed by atoms with Crippen LogP contribution in [0.4, 0.5) is 5.69 Å². The Bertz CT molecular complexity index is 1090. The van der Waals surface area contributed by atoms with Crippen molar-refractivity contribution < 1.29 is 17.9 Å². The Labute approximate surface area is 151 Å². The molecule has 1 amide bonds. The molecule has 3 rings (SSSR count). The number of sulfone groups is 1. The lowest BCUT2D eigenvalue weighted by molar-refractivity contribution is -0.112. The van der Waals surface area contributed by atoms with Crippen LogP contribution in [0.5, 0.6) is 5.75 Å². The fraction of sp³-hybridized carbons (Fsp3) is 0.0526. The fourth-order valence-corrected chi connectivity index (χ4v) is 3.75. The van der Waals surface area contributed by atoms with E-state index in [1.807, 2.05) is 6.07 Å². The Hall–Kier alpha value is -3.37. The van der Waals surface area contributed by atoms with E-state index in [2.05, 4.69) is 5.32 Å². The van der Waals surface area contributed by atoms with E-state index in [1.165, 1.54) is 25.3 Å². The summed E-state index contributed by atoms with van der Waals surface area (Å²) in [5, 5.41) is 13.0. The van der Waals surface area contributed by atoms with Crippen molar-refractivity contribution in [3.8, 4) is 11.8 Å². The Morgan fingerprint density at radius 2 is 2.00 bits per heavy atom. The van der Waals surface area contributed by atoms with Gasteiger partial charge in [0.15, 0.2) is 0 Å². The zero-order chi connectivity index (χ0) is 18.7. The molecule has 26 heavy (non-hydrogen) atoms. The number of anilines is 1. The molecule has 2 aromatic rings. The number of rotatable bonds is 4. The second-order valence-electron chi connectivity index (χ2n) is 5.47. The van der Waals surface area contributed by atoms with Gasteiger partial charge >= 0.3 is 0 Å². The van der Waals surface area contributed by atoms with Gasteiger partial charge in [-0.2, -0.15) is 5.26 Å². The van der Waals surface area contributed by atoms with Crippen LogP contribution in [0.1, 0.15) is 11.1 Å². The number of para-hydroxylation sites is 1. The van der Waals surface area contributed by atoms with Crippen LogP contribution in [-0.2, 0) is 14.6 Å². The third-order valence-electron chi connectivity index (χ3n) is 3.81. The van der Waals surface area contributed by atoms with Gasteiger partial charge in [-0.1, -0.05) is 24.3 Å². The molecule has 0 aromatic heterocycles. The number of methoxy groups -OCH3 is 1. The zero-order valence-corrected chi connectivity index (χ0v) is 14.6. The van der Waals surface area contributed by atoms with E-state index in [9.17, 15) is 18.5 Å². The molecule has 0 saturated heterocycles. The molecule has 1 aliphatic rings. The number of benzene rings is 2. The molecule has 1 heterocycles. The first kappa shape index (κ1) is 17.5. The van der Waals surface area contributed by atoms with Crippen LogP contribution in [0.25, 0.3) is 12.2 Å². The van der Waals surface area contributed by atoms with Crippen LogP contribution in [0.2, 0.25) is 0 Å². The summed E-state index contributed by atoms with van der Waals surface area (Å²) in [6, 6.07) is 13.4. The highest BCUT2D eigenvalue weighted by molar-refractivity contribution is 7.94. The number of amides is 1. The van der Waals surface area contributed by atoms with E-state index >= 15 is 0 Å². The summed E-state index contributed by atoms with van der Waals surface area (Å²) in [6.45, 7) is 0. The maximum atomic E-state index is 12.4. The molecule has 0 bridgehead atoms. The van der Waals surface area contributed by atoms with E-state index in [0.29, 0.717) is 22.6 Å². The molecule has 0 radical (unpaired) electrons. The molecule has 0 fully saturated rings. The summed E-state index contributed by atoms with van der Waals surface area (Å²) >= 11 is 0. The lowest BCUT2D eigenvalue weighted by atomic mass is 10.1. The van der Waals surface area contributed by atoms with Crippen molar-refractivity contribution in [3.63, 3.8) is 0 Å². The average Bonchev–Trinajstić information content (AvgIpc) is 2.94. The topological polar surface area (TPSA) is 96.3 Å². The van der Waals surface area contributed by atoms with Gasteiger partial charge in [0, 0.05) is 16.7 Å². The number of nitriles is 1. The minimum atomic E-state index is -3.48. The maximum Gasteiger partial charge on any atom is 0.266 e. The number of hydrogen-bond acceptors (Lipinski definition) is 5. The number of carbonyl (C=O) groups excluding carboxylic acids is 1. The first-order valence-electron chi connectivity index (χ1n) is 7.58. The number of carbonyl (C=O) groups is 1. The second-order valence-corrected chi connectivity index (χ2v) is 7.27. The summed E-state index contributed by atoms with van der Waals surface area (Å²) in [4.78, 5) is 12.5. The average molecular weight is 366 g/mol. The summed E-state index contributed by atoms with van der Waals surface area (Å²) in [7, 11) is -1.98. The molecular formula is C19H14N2O4S. The van der Waals surface area contributed by atoms with E-state index in [0.717, 1.165) is 5.41 Å². The Morgan fingerprint density at radius 1 is 1.23 bits per heavy atom. The van der Waals surface area contributed by atoms with E-state index < -0.39 is 15.7 Å². The van der Waals surface area contributed by atoms with Gasteiger partial charge in [0.25, 0.3) is 5.91 Å². The van der Waals surface area contributed by atoms with Crippen LogP contribution in [0, 0.1) is 11.3 Å². The minimum Gasteiger partial charge on any atom is -0.496 e. The number of nitrogens with one attached hydrogen (secondary N) is 1. The van der Waals surface area contributed by atoms with Crippen molar-refractivity contribution in [2.45, 2.75) is 4.90 Å². The maximum absolute atomic E-state index is 12.4. The van der Waals surface area contributed by atoms with Gasteiger partial charge in [-0.25, -0.2) is 8.42 Å². The van der Waals surface area contributed by atoms with Crippen LogP contribution in [0.15, 0.2) is 58.3 Å². The molecule has 0 aliphatic carbocycles. The number of ether oxygens (including phenoxy) is 1. The van der Waals surface area contributed by atoms with Crippen molar-refractivity contribution in [2.75, 3.05) is 12.4 Å². The minimum absolute atomic E-state index is 0.127. The van der Waals surface area contributed by atoms with Crippen molar-refractivity contribution in [1.29, 1.82) is 5.26 Å². The van der Waals surface area contributed by atoms with E-state index in [4.69, 9.17) is 4.74 Å². The van der Waals surface area contributed by atoms with Crippen molar-refractivity contribution in [3.05, 3.63) is 64.6 Å². The highest BCUT2D eigenvalue weighted by Crippen LogP contribution is 2.29. The highest BCUT2D eigenvalue weighted by Gasteiger charge is 2.21. The van der Waals surface area contributed by atoms with Crippen LogP contribution in [-0.4, -0.2) is 21.4 Å². The molecule has 6 nitrogen and oxygen atoms in total. The summed E-state index contributed by atoms with van der Waals surface area (Å²) in [5.41, 5.74) is 1.31. The van der Waals surface area contributed by atoms with Gasteiger partial charge in [-0.05, 0) is 35.9 Å². The van der Waals surface area contributed by atoms with Gasteiger partial charge in [0.1, 0.15) is 17.4 Å². The second kappa shape index (κ2) is 6.86. The van der Waals surface area contributed by atoms with E-state index in [1.54, 1.807) is 36.4 Å². The first-order chi connectivity index (χ1) is 12.4. The number of nitrogens with zero attached hydrogens (tertiary/aromatic N) is 1. The highest BCUT2D eigenvalue weighted by atomic mass is 32.2. The molecule has 2 aromatic carbocycles. The largest absolute Gasteiger partial charge is 0.496 e. The third-order valence-corrected chi connectivity index (χ3v) is 5.27. The smallest absolute Gasteiger partial charge is 0.266 e. The fourth-order valence-electron chi connectivity index (χ4n) is 2.52. The van der Waals surface area contributed by atoms with Crippen molar-refractivity contribution >= 4 is 33.6 Å². The normalized spacial score (nSPS) is 14.4. The molecule has 130 valence electrons. The predicted molar refractivity (Wildman–Crippen MR) is 97.9 cm³/mol. The molecular weight excluding hydrogens is 352 g/mol. The molecule has 0 unspecified atom stereocenters. The standard InChI is InChI=1S/C19H14N2O4S/c1-25-17-5-3-2-4-14(17)10-15(12-20)19(22)21-16-7-6-13-8-9-26(23,24)18(13)11-16/h2-11H,1H3,(H,21,22). The zero-order valence-electron chi connectivity index (χ0n) is 13.8. The third kappa shape index (κ3) is 3.36. The quantitative estimate of drug-likeness (QED) is 0.663. The SMILES string of the molecule is COc1ccccc1C=C(C#N)C(=O)Nc1ccc2c(c1)S(=O)(=O)C=C2. The first-order valence-corrected chi connectivity index (χ1v) is 9.12. The van der Waals surface area contributed by atoms with Gasteiger partial charge < -0.3 is 10.1 Å². The molecule has 1 aliphatic heterocycles. The van der Waals surface area contributed by atoms with Gasteiger partial charge in [-0.3, -0.25) is 4.79 Å². The predicted octanol–water partition coefficient (Wildman–Crippen LogP) is 3.00. The monoisotopic (exact) mass is 366 g/mol. The van der Waals surface area contributed by atoms with Crippen LogP contribution in [0.3, 0.4) is 0 Å². The Balaban J connectivity index is 1.88. The molecule has 0 atom stereocenters. The number of hydrogen-bond donors (Lipinski definition) is 1. The summed E-state index contributed by atoms with van der Waals surface area (Å²) < 4.78 is 29.0. The van der Waals surface area contributed by atoms with Gasteiger partial charge in [-0.15, -0.1) is 0 Å². The van der Waals surface area contributed by atoms with Crippen molar-refractivity contribution in [2.24, 2.45) is 0 Å². The Kier molecular flexibility index (Phi) is 4.61. The summed E-state index contributed by atoms with van der Waals surface area (Å²) in [6.07, 6.45) is 2.92. The lowest BCUT2D eigenvalue weighted by Gasteiger charge is -2.08. The van der Waals surface area contributed by atoms with Gasteiger partial charge in [0.05, 0.1) is 12.0 Å². The molecule has 0 spiro atoms. The van der Waals surface area contributed by atoms with Gasteiger partial charge in [0.2, 0.25) is 9.84 Å². The summed E-state index contributed by atoms with van der Waals surface area (Å²) in [5.74, 6) is -0.107. The van der Waals surface area contributed by atoms with Crippen LogP contribution < -0.4 is 10.1 Å². The van der Waals surface area contributed by atoms with E-state index in [-0.39, 0.29) is 10.5 Å².